The Kier molecular flexibility index (Phi) is 4.85. The largest absolute Gasteiger partial charge is 0.356 e. The number of anilines is 1. The number of amides is 2. The average molecular weight is 347 g/mol. The Morgan fingerprint density at radius 1 is 1.42 bits per heavy atom. The molecule has 2 N–H and O–H groups in total. The summed E-state index contributed by atoms with van der Waals surface area (Å²) < 4.78 is 0. The van der Waals surface area contributed by atoms with Crippen molar-refractivity contribution >= 4 is 29.2 Å². The smallest absolute Gasteiger partial charge is 0.270 e. The molecule has 2 amide bonds. The van der Waals surface area contributed by atoms with Gasteiger partial charge in [0.25, 0.3) is 5.91 Å². The highest BCUT2D eigenvalue weighted by atomic mass is 35.5. The molecule has 1 fully saturated rings. The quantitative estimate of drug-likeness (QED) is 0.897. The fraction of sp³-hybridized carbons (Fsp3) is 0.353. The maximum absolute atomic E-state index is 12.5. The summed E-state index contributed by atoms with van der Waals surface area (Å²) in [6.45, 7) is 2.98. The van der Waals surface area contributed by atoms with Crippen molar-refractivity contribution < 1.29 is 9.59 Å². The summed E-state index contributed by atoms with van der Waals surface area (Å²) >= 11 is 5.85. The van der Waals surface area contributed by atoms with Gasteiger partial charge in [-0.2, -0.15) is 0 Å². The van der Waals surface area contributed by atoms with Crippen molar-refractivity contribution in [3.8, 4) is 0 Å². The predicted octanol–water partition coefficient (Wildman–Crippen LogP) is 2.86. The predicted molar refractivity (Wildman–Crippen MR) is 92.0 cm³/mol. The number of aryl methyl sites for hydroxylation is 1. The van der Waals surface area contributed by atoms with Gasteiger partial charge in [0.05, 0.1) is 10.9 Å². The molecule has 0 radical (unpaired) electrons. The Balaban J connectivity index is 1.63. The molecule has 6 nitrogen and oxygen atoms in total. The van der Waals surface area contributed by atoms with Gasteiger partial charge in [0.15, 0.2) is 0 Å². The zero-order valence-corrected chi connectivity index (χ0v) is 14.1. The van der Waals surface area contributed by atoms with Gasteiger partial charge in [-0.25, -0.2) is 4.98 Å². The maximum Gasteiger partial charge on any atom is 0.270 e. The van der Waals surface area contributed by atoms with E-state index in [9.17, 15) is 9.59 Å². The zero-order chi connectivity index (χ0) is 17.1. The second-order valence-corrected chi connectivity index (χ2v) is 6.47. The van der Waals surface area contributed by atoms with Crippen LogP contribution in [-0.4, -0.2) is 39.8 Å². The molecule has 0 spiro atoms. The van der Waals surface area contributed by atoms with Gasteiger partial charge in [-0.3, -0.25) is 9.59 Å². The molecule has 3 heterocycles. The monoisotopic (exact) mass is 346 g/mol. The van der Waals surface area contributed by atoms with E-state index < -0.39 is 0 Å². The van der Waals surface area contributed by atoms with Gasteiger partial charge < -0.3 is 15.2 Å². The fourth-order valence-electron chi connectivity index (χ4n) is 2.81. The number of piperidine rings is 1. The number of aromatic amines is 1. The lowest BCUT2D eigenvalue weighted by atomic mass is 9.97. The number of carbonyl (C=O) groups is 2. The highest BCUT2D eigenvalue weighted by Crippen LogP contribution is 2.21. The number of hydrogen-bond donors (Lipinski definition) is 2. The number of likely N-dealkylation sites (tertiary alicyclic amines) is 1. The molecule has 126 valence electrons. The van der Waals surface area contributed by atoms with Crippen molar-refractivity contribution in [2.24, 2.45) is 5.92 Å². The molecule has 0 aromatic carbocycles. The van der Waals surface area contributed by atoms with E-state index in [0.29, 0.717) is 29.6 Å². The molecule has 1 aliphatic rings. The molecule has 0 bridgehead atoms. The van der Waals surface area contributed by atoms with Crippen LogP contribution in [0, 0.1) is 12.8 Å². The number of nitrogens with one attached hydrogen (secondary N) is 2. The average Bonchev–Trinajstić information content (AvgIpc) is 3.03. The number of pyridine rings is 1. The molecule has 0 saturated carbocycles. The summed E-state index contributed by atoms with van der Waals surface area (Å²) in [5.74, 6) is 0.0580. The van der Waals surface area contributed by atoms with Gasteiger partial charge in [0.1, 0.15) is 11.5 Å². The Labute approximate surface area is 145 Å². The second-order valence-electron chi connectivity index (χ2n) is 6.03. The number of carbonyl (C=O) groups excluding carboxylic acids is 2. The first kappa shape index (κ1) is 16.5. The summed E-state index contributed by atoms with van der Waals surface area (Å²) in [6.07, 6.45) is 4.83. The van der Waals surface area contributed by atoms with Gasteiger partial charge in [-0.05, 0) is 37.5 Å². The van der Waals surface area contributed by atoms with Crippen molar-refractivity contribution in [2.45, 2.75) is 19.8 Å². The molecular formula is C17H19ClN4O2. The minimum Gasteiger partial charge on any atom is -0.356 e. The van der Waals surface area contributed by atoms with Gasteiger partial charge >= 0.3 is 0 Å². The van der Waals surface area contributed by atoms with E-state index in [4.69, 9.17) is 11.6 Å². The van der Waals surface area contributed by atoms with Crippen LogP contribution in [0.5, 0.6) is 0 Å². The molecule has 3 rings (SSSR count). The van der Waals surface area contributed by atoms with Crippen molar-refractivity contribution in [3.63, 3.8) is 0 Å². The Bertz CT molecular complexity index is 741. The van der Waals surface area contributed by atoms with Gasteiger partial charge in [-0.15, -0.1) is 0 Å². The van der Waals surface area contributed by atoms with Crippen molar-refractivity contribution in [1.29, 1.82) is 0 Å². The number of H-pyrrole nitrogens is 1. The summed E-state index contributed by atoms with van der Waals surface area (Å²) in [4.78, 5) is 33.6. The van der Waals surface area contributed by atoms with Crippen LogP contribution in [-0.2, 0) is 4.79 Å². The molecular weight excluding hydrogens is 328 g/mol. The first-order chi connectivity index (χ1) is 11.5. The van der Waals surface area contributed by atoms with Crippen LogP contribution >= 0.6 is 11.6 Å². The number of halogens is 1. The Morgan fingerprint density at radius 3 is 2.92 bits per heavy atom. The van der Waals surface area contributed by atoms with E-state index in [2.05, 4.69) is 15.3 Å². The zero-order valence-electron chi connectivity index (χ0n) is 13.4. The number of aromatic nitrogens is 2. The Morgan fingerprint density at radius 2 is 2.25 bits per heavy atom. The first-order valence-corrected chi connectivity index (χ1v) is 8.27. The van der Waals surface area contributed by atoms with Crippen molar-refractivity contribution in [2.75, 3.05) is 18.4 Å². The summed E-state index contributed by atoms with van der Waals surface area (Å²) in [5, 5.41) is 3.32. The SMILES string of the molecule is Cc1ccc(NC(=O)C2CCCN(C(=O)c3cc(Cl)c[nH]3)C2)nc1. The molecule has 1 atom stereocenters. The van der Waals surface area contributed by atoms with Crippen LogP contribution in [0.15, 0.2) is 30.6 Å². The minimum absolute atomic E-state index is 0.103. The van der Waals surface area contributed by atoms with Crippen LogP contribution in [0.1, 0.15) is 28.9 Å². The molecule has 1 unspecified atom stereocenters. The van der Waals surface area contributed by atoms with Crippen LogP contribution in [0.25, 0.3) is 0 Å². The summed E-state index contributed by atoms with van der Waals surface area (Å²) in [5.41, 5.74) is 1.48. The number of rotatable bonds is 3. The lowest BCUT2D eigenvalue weighted by molar-refractivity contribution is -0.121. The molecule has 2 aromatic rings. The van der Waals surface area contributed by atoms with E-state index in [0.717, 1.165) is 18.4 Å². The van der Waals surface area contributed by atoms with Crippen LogP contribution in [0.2, 0.25) is 5.02 Å². The molecule has 1 saturated heterocycles. The van der Waals surface area contributed by atoms with Crippen molar-refractivity contribution in [3.05, 3.63) is 46.9 Å². The van der Waals surface area contributed by atoms with E-state index >= 15 is 0 Å². The van der Waals surface area contributed by atoms with Crippen LogP contribution < -0.4 is 5.32 Å². The van der Waals surface area contributed by atoms with E-state index in [1.165, 1.54) is 0 Å². The van der Waals surface area contributed by atoms with E-state index in [-0.39, 0.29) is 17.7 Å². The third-order valence-corrected chi connectivity index (χ3v) is 4.34. The third-order valence-electron chi connectivity index (χ3n) is 4.12. The highest BCUT2D eigenvalue weighted by Gasteiger charge is 2.29. The minimum atomic E-state index is -0.240. The topological polar surface area (TPSA) is 78.1 Å². The van der Waals surface area contributed by atoms with E-state index in [1.807, 2.05) is 13.0 Å². The van der Waals surface area contributed by atoms with E-state index in [1.54, 1.807) is 29.4 Å². The molecule has 24 heavy (non-hydrogen) atoms. The third kappa shape index (κ3) is 3.76. The van der Waals surface area contributed by atoms with Gasteiger partial charge in [0.2, 0.25) is 5.91 Å². The van der Waals surface area contributed by atoms with Crippen molar-refractivity contribution in [1.82, 2.24) is 14.9 Å². The molecule has 7 heteroatoms. The second kappa shape index (κ2) is 7.05. The molecule has 1 aliphatic heterocycles. The Hall–Kier alpha value is -2.34. The summed E-state index contributed by atoms with van der Waals surface area (Å²) in [7, 11) is 0. The number of nitrogens with zero attached hydrogens (tertiary/aromatic N) is 2. The molecule has 0 aliphatic carbocycles. The van der Waals surface area contributed by atoms with Gasteiger partial charge in [-0.1, -0.05) is 17.7 Å². The summed E-state index contributed by atoms with van der Waals surface area (Å²) in [6, 6.07) is 5.28. The number of hydrogen-bond acceptors (Lipinski definition) is 3. The van der Waals surface area contributed by atoms with Crippen LogP contribution in [0.3, 0.4) is 0 Å². The first-order valence-electron chi connectivity index (χ1n) is 7.89. The normalized spacial score (nSPS) is 17.6. The standard InChI is InChI=1S/C17H19ClN4O2/c1-11-4-5-15(20-8-11)21-16(23)12-3-2-6-22(10-12)17(24)14-7-13(18)9-19-14/h4-5,7-9,12,19H,2-3,6,10H2,1H3,(H,20,21,23). The highest BCUT2D eigenvalue weighted by molar-refractivity contribution is 6.30. The van der Waals surface area contributed by atoms with Gasteiger partial charge in [0, 0.05) is 25.5 Å². The lowest BCUT2D eigenvalue weighted by Gasteiger charge is -2.31. The lowest BCUT2D eigenvalue weighted by Crippen LogP contribution is -2.43. The maximum atomic E-state index is 12.5. The molecule has 2 aromatic heterocycles. The fourth-order valence-corrected chi connectivity index (χ4v) is 2.97. The van der Waals surface area contributed by atoms with Crippen LogP contribution in [0.4, 0.5) is 5.82 Å².